The average Bonchev–Trinajstić information content (AvgIpc) is 3.33. The standard InChI is InChI=1S/C23H13Cl2FN2O5S/c1-9-20(22(31)32-2)34-23(27-9)28-17(10-3-5-13(24)14(25)7-10)16-18(29)12-8-11(26)4-6-15(12)33-19(16)21(28)30/h3-8,17H,1-2H3. The van der Waals surface area contributed by atoms with Crippen LogP contribution >= 0.6 is 34.5 Å². The highest BCUT2D eigenvalue weighted by Gasteiger charge is 2.45. The molecule has 4 aromatic rings. The van der Waals surface area contributed by atoms with Crippen LogP contribution in [0.1, 0.15) is 43.1 Å². The third-order valence-electron chi connectivity index (χ3n) is 5.45. The van der Waals surface area contributed by atoms with Crippen molar-refractivity contribution in [3.63, 3.8) is 0 Å². The van der Waals surface area contributed by atoms with Gasteiger partial charge in [0.05, 0.1) is 39.8 Å². The van der Waals surface area contributed by atoms with Gasteiger partial charge in [0, 0.05) is 0 Å². The molecule has 0 fully saturated rings. The van der Waals surface area contributed by atoms with E-state index in [1.807, 2.05) is 0 Å². The number of anilines is 1. The highest BCUT2D eigenvalue weighted by molar-refractivity contribution is 7.17. The molecule has 0 bridgehead atoms. The third kappa shape index (κ3) is 3.39. The Kier molecular flexibility index (Phi) is 5.43. The van der Waals surface area contributed by atoms with Crippen molar-refractivity contribution in [2.24, 2.45) is 0 Å². The number of rotatable bonds is 3. The molecule has 7 nitrogen and oxygen atoms in total. The zero-order chi connectivity index (χ0) is 24.3. The lowest BCUT2D eigenvalue weighted by molar-refractivity contribution is 0.0605. The molecule has 34 heavy (non-hydrogen) atoms. The molecule has 1 unspecified atom stereocenters. The van der Waals surface area contributed by atoms with Crippen molar-refractivity contribution in [2.45, 2.75) is 13.0 Å². The van der Waals surface area contributed by atoms with Crippen molar-refractivity contribution in [3.05, 3.63) is 89.9 Å². The van der Waals surface area contributed by atoms with Crippen molar-refractivity contribution in [2.75, 3.05) is 12.0 Å². The summed E-state index contributed by atoms with van der Waals surface area (Å²) in [5.74, 6) is -2.07. The molecule has 0 saturated heterocycles. The largest absolute Gasteiger partial charge is 0.465 e. The second-order valence-electron chi connectivity index (χ2n) is 7.47. The number of thiazole rings is 1. The Hall–Kier alpha value is -3.27. The number of hydrogen-bond donors (Lipinski definition) is 0. The number of carbonyl (C=O) groups excluding carboxylic acids is 2. The lowest BCUT2D eigenvalue weighted by atomic mass is 9.99. The Morgan fingerprint density at radius 1 is 1.18 bits per heavy atom. The molecule has 0 radical (unpaired) electrons. The SMILES string of the molecule is COC(=O)c1sc(N2C(=O)c3oc4ccc(F)cc4c(=O)c3C2c2ccc(Cl)c(Cl)c2)nc1C. The van der Waals surface area contributed by atoms with E-state index in [1.165, 1.54) is 30.2 Å². The first kappa shape index (κ1) is 22.5. The van der Waals surface area contributed by atoms with Gasteiger partial charge >= 0.3 is 5.97 Å². The van der Waals surface area contributed by atoms with Gasteiger partial charge in [-0.2, -0.15) is 0 Å². The van der Waals surface area contributed by atoms with E-state index in [0.717, 1.165) is 23.5 Å². The number of nitrogens with zero attached hydrogens (tertiary/aromatic N) is 2. The van der Waals surface area contributed by atoms with Crippen LogP contribution in [-0.2, 0) is 4.74 Å². The molecule has 0 saturated carbocycles. The van der Waals surface area contributed by atoms with Crippen molar-refractivity contribution in [3.8, 4) is 0 Å². The van der Waals surface area contributed by atoms with Gasteiger partial charge in [0.25, 0.3) is 5.91 Å². The van der Waals surface area contributed by atoms with Crippen molar-refractivity contribution in [1.82, 2.24) is 4.98 Å². The normalized spacial score (nSPS) is 15.1. The maximum absolute atomic E-state index is 13.9. The number of aromatic nitrogens is 1. The number of benzene rings is 2. The van der Waals surface area contributed by atoms with E-state index in [1.54, 1.807) is 13.0 Å². The van der Waals surface area contributed by atoms with Gasteiger partial charge in [0.2, 0.25) is 5.76 Å². The van der Waals surface area contributed by atoms with E-state index in [-0.39, 0.29) is 42.3 Å². The van der Waals surface area contributed by atoms with Crippen LogP contribution in [0.4, 0.5) is 9.52 Å². The molecular formula is C23H13Cl2FN2O5S. The fourth-order valence-electron chi connectivity index (χ4n) is 3.91. The van der Waals surface area contributed by atoms with Crippen LogP contribution < -0.4 is 10.3 Å². The van der Waals surface area contributed by atoms with Crippen molar-refractivity contribution in [1.29, 1.82) is 0 Å². The number of methoxy groups -OCH3 is 1. The van der Waals surface area contributed by atoms with E-state index >= 15 is 0 Å². The van der Waals surface area contributed by atoms with Gasteiger partial charge in [-0.3, -0.25) is 14.5 Å². The van der Waals surface area contributed by atoms with Crippen LogP contribution in [0.2, 0.25) is 10.0 Å². The van der Waals surface area contributed by atoms with Crippen LogP contribution in [0.25, 0.3) is 11.0 Å². The summed E-state index contributed by atoms with van der Waals surface area (Å²) in [6.45, 7) is 1.61. The van der Waals surface area contributed by atoms with Gasteiger partial charge in [-0.25, -0.2) is 14.2 Å². The quantitative estimate of drug-likeness (QED) is 0.330. The lowest BCUT2D eigenvalue weighted by Crippen LogP contribution is -2.29. The molecule has 0 N–H and O–H groups in total. The number of ether oxygens (including phenoxy) is 1. The summed E-state index contributed by atoms with van der Waals surface area (Å²) in [4.78, 5) is 45.1. The average molecular weight is 519 g/mol. The minimum atomic E-state index is -1.00. The topological polar surface area (TPSA) is 89.7 Å². The summed E-state index contributed by atoms with van der Waals surface area (Å²) in [6.07, 6.45) is 0. The first-order valence-electron chi connectivity index (χ1n) is 9.81. The molecule has 1 aliphatic rings. The molecule has 172 valence electrons. The highest BCUT2D eigenvalue weighted by Crippen LogP contribution is 2.44. The number of amides is 1. The summed E-state index contributed by atoms with van der Waals surface area (Å²) in [6, 6.07) is 7.17. The van der Waals surface area contributed by atoms with E-state index < -0.39 is 29.2 Å². The second-order valence-corrected chi connectivity index (χ2v) is 9.26. The lowest BCUT2D eigenvalue weighted by Gasteiger charge is -2.22. The number of aryl methyl sites for hydroxylation is 1. The first-order valence-corrected chi connectivity index (χ1v) is 11.4. The molecule has 2 aromatic carbocycles. The first-order chi connectivity index (χ1) is 16.2. The highest BCUT2D eigenvalue weighted by atomic mass is 35.5. The van der Waals surface area contributed by atoms with Crippen LogP contribution in [-0.4, -0.2) is 24.0 Å². The Morgan fingerprint density at radius 3 is 2.65 bits per heavy atom. The zero-order valence-corrected chi connectivity index (χ0v) is 19.8. The molecule has 11 heteroatoms. The maximum atomic E-state index is 13.9. The third-order valence-corrected chi connectivity index (χ3v) is 7.33. The molecule has 1 atom stereocenters. The van der Waals surface area contributed by atoms with Gasteiger partial charge in [-0.15, -0.1) is 0 Å². The van der Waals surface area contributed by atoms with E-state index in [2.05, 4.69) is 4.98 Å². The fourth-order valence-corrected chi connectivity index (χ4v) is 5.23. The summed E-state index contributed by atoms with van der Waals surface area (Å²) in [5, 5.41) is 0.637. The Bertz CT molecular complexity index is 1580. The Balaban J connectivity index is 1.80. The summed E-state index contributed by atoms with van der Waals surface area (Å²) in [5.41, 5.74) is 0.323. The summed E-state index contributed by atoms with van der Waals surface area (Å²) >= 11 is 13.2. The van der Waals surface area contributed by atoms with Crippen LogP contribution in [0.3, 0.4) is 0 Å². The van der Waals surface area contributed by atoms with Gasteiger partial charge in [0.15, 0.2) is 10.6 Å². The summed E-state index contributed by atoms with van der Waals surface area (Å²) in [7, 11) is 1.24. The number of halogens is 3. The molecule has 1 aliphatic heterocycles. The predicted octanol–water partition coefficient (Wildman–Crippen LogP) is 5.54. The molecule has 2 aromatic heterocycles. The van der Waals surface area contributed by atoms with Crippen molar-refractivity contribution >= 4 is 62.5 Å². The van der Waals surface area contributed by atoms with Gasteiger partial charge in [0.1, 0.15) is 16.3 Å². The van der Waals surface area contributed by atoms with Crippen LogP contribution in [0, 0.1) is 12.7 Å². The number of fused-ring (bicyclic) bond motifs is 2. The monoisotopic (exact) mass is 518 g/mol. The number of esters is 1. The number of carbonyl (C=O) groups is 2. The van der Waals surface area contributed by atoms with Crippen molar-refractivity contribution < 1.29 is 23.1 Å². The minimum Gasteiger partial charge on any atom is -0.465 e. The fraction of sp³-hybridized carbons (Fsp3) is 0.130. The maximum Gasteiger partial charge on any atom is 0.350 e. The molecule has 0 aliphatic carbocycles. The van der Waals surface area contributed by atoms with Crippen LogP contribution in [0.5, 0.6) is 0 Å². The van der Waals surface area contributed by atoms with E-state index in [0.29, 0.717) is 11.3 Å². The Morgan fingerprint density at radius 2 is 1.94 bits per heavy atom. The molecule has 0 spiro atoms. The molecule has 3 heterocycles. The zero-order valence-electron chi connectivity index (χ0n) is 17.5. The molecular weight excluding hydrogens is 506 g/mol. The predicted molar refractivity (Wildman–Crippen MR) is 126 cm³/mol. The second kappa shape index (κ2) is 8.19. The number of hydrogen-bond acceptors (Lipinski definition) is 7. The van der Waals surface area contributed by atoms with Crippen LogP contribution in [0.15, 0.2) is 45.6 Å². The molecule has 5 rings (SSSR count). The van der Waals surface area contributed by atoms with Gasteiger partial charge < -0.3 is 9.15 Å². The summed E-state index contributed by atoms with van der Waals surface area (Å²) < 4.78 is 24.5. The van der Waals surface area contributed by atoms with Gasteiger partial charge in [-0.05, 0) is 42.8 Å². The van der Waals surface area contributed by atoms with E-state index in [4.69, 9.17) is 32.4 Å². The molecule has 1 amide bonds. The van der Waals surface area contributed by atoms with E-state index in [9.17, 15) is 18.8 Å². The smallest absolute Gasteiger partial charge is 0.350 e. The van der Waals surface area contributed by atoms with Gasteiger partial charge in [-0.1, -0.05) is 40.6 Å². The minimum absolute atomic E-state index is 0.00830. The Labute approximate surface area is 205 Å².